The van der Waals surface area contributed by atoms with Crippen LogP contribution in [0.3, 0.4) is 0 Å². The van der Waals surface area contributed by atoms with Crippen LogP contribution in [0.25, 0.3) is 10.8 Å². The molecule has 25 heavy (non-hydrogen) atoms. The molecular formula is C19H21N3O2S. The Kier molecular flexibility index (Phi) is 4.24. The van der Waals surface area contributed by atoms with E-state index < -0.39 is 9.84 Å². The van der Waals surface area contributed by atoms with Gasteiger partial charge in [0.25, 0.3) is 0 Å². The number of hydrogen-bond donors (Lipinski definition) is 1. The van der Waals surface area contributed by atoms with E-state index in [-0.39, 0.29) is 5.41 Å². The van der Waals surface area contributed by atoms with Gasteiger partial charge in [-0.1, -0.05) is 20.8 Å². The van der Waals surface area contributed by atoms with E-state index in [1.54, 1.807) is 24.3 Å². The molecule has 1 N–H and O–H groups in total. The SMILES string of the molecule is CC(C)(C)c1nccc2cnc(Nc3ccc(S(C)(=O)=O)cc3)cc12. The second-order valence-electron chi connectivity index (χ2n) is 7.12. The lowest BCUT2D eigenvalue weighted by atomic mass is 9.88. The third kappa shape index (κ3) is 3.79. The summed E-state index contributed by atoms with van der Waals surface area (Å²) in [5.41, 5.74) is 1.72. The normalized spacial score (nSPS) is 12.3. The van der Waals surface area contributed by atoms with Gasteiger partial charge < -0.3 is 5.32 Å². The molecule has 2 heterocycles. The van der Waals surface area contributed by atoms with E-state index in [1.807, 2.05) is 24.5 Å². The van der Waals surface area contributed by atoms with E-state index in [1.165, 1.54) is 6.26 Å². The van der Waals surface area contributed by atoms with E-state index in [2.05, 4.69) is 36.1 Å². The minimum Gasteiger partial charge on any atom is -0.340 e. The van der Waals surface area contributed by atoms with Gasteiger partial charge in [-0.05, 0) is 36.4 Å². The van der Waals surface area contributed by atoms with Crippen molar-refractivity contribution in [3.8, 4) is 0 Å². The largest absolute Gasteiger partial charge is 0.340 e. The van der Waals surface area contributed by atoms with Gasteiger partial charge in [0.15, 0.2) is 9.84 Å². The number of fused-ring (bicyclic) bond motifs is 1. The van der Waals surface area contributed by atoms with Gasteiger partial charge in [-0.15, -0.1) is 0 Å². The predicted molar refractivity (Wildman–Crippen MR) is 101 cm³/mol. The number of pyridine rings is 2. The zero-order valence-electron chi connectivity index (χ0n) is 14.7. The number of anilines is 2. The highest BCUT2D eigenvalue weighted by Crippen LogP contribution is 2.29. The molecule has 0 amide bonds. The first-order valence-electron chi connectivity index (χ1n) is 7.97. The Hall–Kier alpha value is -2.47. The highest BCUT2D eigenvalue weighted by atomic mass is 32.2. The number of hydrogen-bond acceptors (Lipinski definition) is 5. The van der Waals surface area contributed by atoms with Crippen molar-refractivity contribution < 1.29 is 8.42 Å². The summed E-state index contributed by atoms with van der Waals surface area (Å²) in [5.74, 6) is 0.693. The van der Waals surface area contributed by atoms with Crippen molar-refractivity contribution in [1.82, 2.24) is 9.97 Å². The lowest BCUT2D eigenvalue weighted by Crippen LogP contribution is -2.14. The van der Waals surface area contributed by atoms with Crippen LogP contribution in [0, 0.1) is 0 Å². The number of nitrogens with zero attached hydrogens (tertiary/aromatic N) is 2. The molecule has 0 fully saturated rings. The number of rotatable bonds is 3. The fraction of sp³-hybridized carbons (Fsp3) is 0.263. The van der Waals surface area contributed by atoms with Crippen LogP contribution in [0.15, 0.2) is 53.7 Å². The van der Waals surface area contributed by atoms with Crippen molar-refractivity contribution in [2.75, 3.05) is 11.6 Å². The van der Waals surface area contributed by atoms with Crippen molar-refractivity contribution in [3.05, 3.63) is 54.5 Å². The van der Waals surface area contributed by atoms with Gasteiger partial charge in [0.2, 0.25) is 0 Å². The quantitative estimate of drug-likeness (QED) is 0.766. The molecule has 130 valence electrons. The van der Waals surface area contributed by atoms with Crippen molar-refractivity contribution in [3.63, 3.8) is 0 Å². The second-order valence-corrected chi connectivity index (χ2v) is 9.14. The molecule has 3 rings (SSSR count). The monoisotopic (exact) mass is 355 g/mol. The second kappa shape index (κ2) is 6.11. The average molecular weight is 355 g/mol. The minimum atomic E-state index is -3.19. The molecule has 0 saturated heterocycles. The lowest BCUT2D eigenvalue weighted by Gasteiger charge is -2.20. The molecule has 0 atom stereocenters. The van der Waals surface area contributed by atoms with Crippen LogP contribution in [0.1, 0.15) is 26.5 Å². The van der Waals surface area contributed by atoms with Crippen molar-refractivity contribution >= 4 is 32.1 Å². The first-order valence-corrected chi connectivity index (χ1v) is 9.86. The first kappa shape index (κ1) is 17.4. The average Bonchev–Trinajstić information content (AvgIpc) is 2.53. The standard InChI is InChI=1S/C19H21N3O2S/c1-19(2,3)18-16-11-17(21-12-13(16)9-10-20-18)22-14-5-7-15(8-6-14)25(4,23)24/h5-12H,1-4H3,(H,21,22). The fourth-order valence-corrected chi connectivity index (χ4v) is 3.30. The van der Waals surface area contributed by atoms with Crippen LogP contribution < -0.4 is 5.32 Å². The summed E-state index contributed by atoms with van der Waals surface area (Å²) < 4.78 is 23.1. The third-order valence-corrected chi connectivity index (χ3v) is 5.04. The van der Waals surface area contributed by atoms with Crippen LogP contribution in [-0.2, 0) is 15.3 Å². The minimum absolute atomic E-state index is 0.0741. The van der Waals surface area contributed by atoms with Crippen molar-refractivity contribution in [1.29, 1.82) is 0 Å². The molecule has 0 aliphatic rings. The highest BCUT2D eigenvalue weighted by Gasteiger charge is 2.18. The molecule has 0 saturated carbocycles. The zero-order chi connectivity index (χ0) is 18.2. The van der Waals surface area contributed by atoms with Gasteiger partial charge >= 0.3 is 0 Å². The number of nitrogens with one attached hydrogen (secondary N) is 1. The van der Waals surface area contributed by atoms with Gasteiger partial charge in [0.1, 0.15) is 5.82 Å². The summed E-state index contributed by atoms with van der Waals surface area (Å²) in [4.78, 5) is 9.28. The topological polar surface area (TPSA) is 72.0 Å². The maximum atomic E-state index is 11.5. The molecular weight excluding hydrogens is 334 g/mol. The van der Waals surface area contributed by atoms with Crippen molar-refractivity contribution in [2.24, 2.45) is 0 Å². The highest BCUT2D eigenvalue weighted by molar-refractivity contribution is 7.90. The Bertz CT molecular complexity index is 1020. The molecule has 0 unspecified atom stereocenters. The molecule has 0 spiro atoms. The van der Waals surface area contributed by atoms with Crippen molar-refractivity contribution in [2.45, 2.75) is 31.1 Å². The van der Waals surface area contributed by atoms with Gasteiger partial charge in [-0.25, -0.2) is 13.4 Å². The molecule has 0 radical (unpaired) electrons. The maximum absolute atomic E-state index is 11.5. The van der Waals surface area contributed by atoms with Crippen LogP contribution in [0.2, 0.25) is 0 Å². The number of sulfone groups is 1. The van der Waals surface area contributed by atoms with E-state index in [0.29, 0.717) is 10.7 Å². The number of benzene rings is 1. The molecule has 0 bridgehead atoms. The third-order valence-electron chi connectivity index (χ3n) is 3.91. The maximum Gasteiger partial charge on any atom is 0.175 e. The Balaban J connectivity index is 1.97. The smallest absolute Gasteiger partial charge is 0.175 e. The summed E-state index contributed by atoms with van der Waals surface area (Å²) in [6.45, 7) is 6.39. The summed E-state index contributed by atoms with van der Waals surface area (Å²) in [7, 11) is -3.19. The molecule has 5 nitrogen and oxygen atoms in total. The van der Waals surface area contributed by atoms with E-state index in [4.69, 9.17) is 0 Å². The number of aromatic nitrogens is 2. The molecule has 2 aromatic heterocycles. The van der Waals surface area contributed by atoms with Crippen LogP contribution in [-0.4, -0.2) is 24.6 Å². The first-order chi connectivity index (χ1) is 11.6. The lowest BCUT2D eigenvalue weighted by molar-refractivity contribution is 0.575. The molecule has 0 aliphatic carbocycles. The molecule has 1 aromatic carbocycles. The molecule has 0 aliphatic heterocycles. The van der Waals surface area contributed by atoms with E-state index in [9.17, 15) is 8.42 Å². The van der Waals surface area contributed by atoms with Crippen LogP contribution in [0.4, 0.5) is 11.5 Å². The Morgan fingerprint density at radius 2 is 1.68 bits per heavy atom. The fourth-order valence-electron chi connectivity index (χ4n) is 2.66. The Labute approximate surface area is 148 Å². The van der Waals surface area contributed by atoms with Gasteiger partial charge in [-0.3, -0.25) is 4.98 Å². The van der Waals surface area contributed by atoms with Gasteiger partial charge in [0, 0.05) is 40.5 Å². The van der Waals surface area contributed by atoms with Gasteiger partial charge in [0.05, 0.1) is 10.6 Å². The molecule has 6 heteroatoms. The predicted octanol–water partition coefficient (Wildman–Crippen LogP) is 4.07. The summed E-state index contributed by atoms with van der Waals surface area (Å²) in [6, 6.07) is 10.6. The molecule has 3 aromatic rings. The Morgan fingerprint density at radius 1 is 1.00 bits per heavy atom. The summed E-state index contributed by atoms with van der Waals surface area (Å²) in [6.07, 6.45) is 4.82. The van der Waals surface area contributed by atoms with E-state index in [0.717, 1.165) is 22.2 Å². The Morgan fingerprint density at radius 3 is 2.28 bits per heavy atom. The summed E-state index contributed by atoms with van der Waals surface area (Å²) in [5, 5.41) is 5.32. The zero-order valence-corrected chi connectivity index (χ0v) is 15.6. The van der Waals surface area contributed by atoms with Crippen LogP contribution >= 0.6 is 0 Å². The summed E-state index contributed by atoms with van der Waals surface area (Å²) >= 11 is 0. The van der Waals surface area contributed by atoms with E-state index >= 15 is 0 Å². The van der Waals surface area contributed by atoms with Gasteiger partial charge in [-0.2, -0.15) is 0 Å². The van der Waals surface area contributed by atoms with Crippen LogP contribution in [0.5, 0.6) is 0 Å².